The molecule has 0 bridgehead atoms. The van der Waals surface area contributed by atoms with E-state index < -0.39 is 0 Å². The quantitative estimate of drug-likeness (QED) is 0.753. The molecule has 2 fully saturated rings. The van der Waals surface area contributed by atoms with E-state index in [1.807, 2.05) is 18.2 Å². The summed E-state index contributed by atoms with van der Waals surface area (Å²) in [7, 11) is 0. The smallest absolute Gasteiger partial charge is 0.323 e. The third kappa shape index (κ3) is 1.38. The minimum Gasteiger partial charge on any atom is -0.324 e. The van der Waals surface area contributed by atoms with E-state index in [4.69, 9.17) is 5.73 Å². The predicted molar refractivity (Wildman–Crippen MR) is 70.2 cm³/mol. The molecule has 4 N–H and O–H groups in total. The van der Waals surface area contributed by atoms with Gasteiger partial charge in [0.25, 0.3) is 0 Å². The van der Waals surface area contributed by atoms with Crippen molar-refractivity contribution in [2.75, 3.05) is 0 Å². The monoisotopic (exact) mass is 243 g/mol. The van der Waals surface area contributed by atoms with Gasteiger partial charge in [-0.15, -0.1) is 0 Å². The molecule has 1 aromatic heterocycles. The summed E-state index contributed by atoms with van der Waals surface area (Å²) in [5.41, 5.74) is 9.10. The van der Waals surface area contributed by atoms with Gasteiger partial charge >= 0.3 is 5.69 Å². The first kappa shape index (κ1) is 10.4. The van der Waals surface area contributed by atoms with Crippen LogP contribution >= 0.6 is 0 Å². The molecule has 0 saturated heterocycles. The molecule has 2 aliphatic carbocycles. The molecule has 18 heavy (non-hydrogen) atoms. The van der Waals surface area contributed by atoms with Crippen LogP contribution in [0.1, 0.15) is 30.9 Å². The van der Waals surface area contributed by atoms with E-state index in [0.717, 1.165) is 28.4 Å². The molecule has 0 amide bonds. The Morgan fingerprint density at radius 1 is 1.17 bits per heavy atom. The fraction of sp³-hybridized carbons (Fsp3) is 0.500. The van der Waals surface area contributed by atoms with E-state index in [1.165, 1.54) is 19.3 Å². The van der Waals surface area contributed by atoms with Gasteiger partial charge in [0.05, 0.1) is 11.0 Å². The van der Waals surface area contributed by atoms with E-state index in [0.29, 0.717) is 5.92 Å². The topological polar surface area (TPSA) is 74.7 Å². The van der Waals surface area contributed by atoms with Gasteiger partial charge in [-0.2, -0.15) is 0 Å². The molecule has 0 aliphatic heterocycles. The standard InChI is InChI=1S/C14H17N3O/c15-13(12-8-2-1-3-9(8)12)7-4-5-10-11(6-7)17-14(18)16-10/h4-6,8-9,12-13H,1-3,15H2,(H2,16,17,18). The van der Waals surface area contributed by atoms with E-state index in [1.54, 1.807) is 0 Å². The number of aromatic amines is 2. The maximum Gasteiger partial charge on any atom is 0.323 e. The van der Waals surface area contributed by atoms with Crippen molar-refractivity contribution >= 4 is 11.0 Å². The molecule has 2 aliphatic rings. The van der Waals surface area contributed by atoms with E-state index >= 15 is 0 Å². The summed E-state index contributed by atoms with van der Waals surface area (Å²) in [5, 5.41) is 0. The van der Waals surface area contributed by atoms with Crippen LogP contribution in [-0.2, 0) is 0 Å². The number of rotatable bonds is 2. The van der Waals surface area contributed by atoms with Crippen molar-refractivity contribution < 1.29 is 0 Å². The van der Waals surface area contributed by atoms with Gasteiger partial charge in [-0.05, 0) is 48.3 Å². The summed E-state index contributed by atoms with van der Waals surface area (Å²) in [5.74, 6) is 2.39. The molecule has 3 unspecified atom stereocenters. The number of H-pyrrole nitrogens is 2. The van der Waals surface area contributed by atoms with Crippen molar-refractivity contribution in [3.8, 4) is 0 Å². The Hall–Kier alpha value is -1.55. The van der Waals surface area contributed by atoms with Gasteiger partial charge in [-0.1, -0.05) is 12.5 Å². The highest BCUT2D eigenvalue weighted by molar-refractivity contribution is 5.75. The van der Waals surface area contributed by atoms with Crippen molar-refractivity contribution in [2.45, 2.75) is 25.3 Å². The van der Waals surface area contributed by atoms with Crippen LogP contribution in [0.25, 0.3) is 11.0 Å². The number of hydrogen-bond acceptors (Lipinski definition) is 2. The molecule has 4 nitrogen and oxygen atoms in total. The molecular weight excluding hydrogens is 226 g/mol. The van der Waals surface area contributed by atoms with Crippen LogP contribution in [0.5, 0.6) is 0 Å². The SMILES string of the molecule is NC(c1ccc2[nH]c(=O)[nH]c2c1)C1C2CCCC21. The van der Waals surface area contributed by atoms with Gasteiger partial charge < -0.3 is 15.7 Å². The van der Waals surface area contributed by atoms with E-state index in [9.17, 15) is 4.79 Å². The Morgan fingerprint density at radius 3 is 2.67 bits per heavy atom. The van der Waals surface area contributed by atoms with E-state index in [-0.39, 0.29) is 11.7 Å². The maximum absolute atomic E-state index is 11.2. The molecule has 1 aromatic carbocycles. The van der Waals surface area contributed by atoms with Gasteiger partial charge in [0.2, 0.25) is 0 Å². The minimum atomic E-state index is -0.154. The summed E-state index contributed by atoms with van der Waals surface area (Å²) in [6, 6.07) is 6.14. The highest BCUT2D eigenvalue weighted by Gasteiger charge is 2.55. The number of fused-ring (bicyclic) bond motifs is 2. The highest BCUT2D eigenvalue weighted by atomic mass is 16.1. The van der Waals surface area contributed by atoms with Gasteiger partial charge in [-0.25, -0.2) is 4.79 Å². The van der Waals surface area contributed by atoms with Crippen molar-refractivity contribution in [3.05, 3.63) is 34.2 Å². The molecule has 4 heteroatoms. The second-order valence-corrected chi connectivity index (χ2v) is 5.75. The molecule has 0 spiro atoms. The average molecular weight is 243 g/mol. The second kappa shape index (κ2) is 3.48. The van der Waals surface area contributed by atoms with Gasteiger partial charge in [-0.3, -0.25) is 0 Å². The van der Waals surface area contributed by atoms with Crippen LogP contribution in [0.2, 0.25) is 0 Å². The van der Waals surface area contributed by atoms with Crippen LogP contribution in [0.3, 0.4) is 0 Å². The fourth-order valence-electron chi connectivity index (χ4n) is 3.89. The van der Waals surface area contributed by atoms with Crippen molar-refractivity contribution in [3.63, 3.8) is 0 Å². The largest absolute Gasteiger partial charge is 0.324 e. The molecule has 1 heterocycles. The summed E-state index contributed by atoms with van der Waals surface area (Å²) in [4.78, 5) is 16.8. The number of aromatic nitrogens is 2. The Morgan fingerprint density at radius 2 is 1.89 bits per heavy atom. The molecular formula is C14H17N3O. The number of imidazole rings is 1. The first-order chi connectivity index (χ1) is 8.74. The number of nitrogens with one attached hydrogen (secondary N) is 2. The molecule has 4 rings (SSSR count). The Labute approximate surface area is 105 Å². The van der Waals surface area contributed by atoms with Gasteiger partial charge in [0.1, 0.15) is 0 Å². The zero-order valence-electron chi connectivity index (χ0n) is 10.1. The lowest BCUT2D eigenvalue weighted by Gasteiger charge is -2.14. The summed E-state index contributed by atoms with van der Waals surface area (Å²) in [6.45, 7) is 0. The number of nitrogens with two attached hydrogens (primary N) is 1. The summed E-state index contributed by atoms with van der Waals surface area (Å²) < 4.78 is 0. The lowest BCUT2D eigenvalue weighted by molar-refractivity contribution is 0.502. The third-order valence-corrected chi connectivity index (χ3v) is 4.81. The summed E-state index contributed by atoms with van der Waals surface area (Å²) in [6.07, 6.45) is 4.08. The molecule has 2 saturated carbocycles. The Kier molecular flexibility index (Phi) is 2.01. The van der Waals surface area contributed by atoms with Gasteiger partial charge in [0, 0.05) is 6.04 Å². The molecule has 0 radical (unpaired) electrons. The van der Waals surface area contributed by atoms with Crippen LogP contribution in [0.15, 0.2) is 23.0 Å². The molecule has 2 aromatic rings. The summed E-state index contributed by atoms with van der Waals surface area (Å²) >= 11 is 0. The van der Waals surface area contributed by atoms with Crippen LogP contribution < -0.4 is 11.4 Å². The van der Waals surface area contributed by atoms with Crippen LogP contribution in [0, 0.1) is 17.8 Å². The van der Waals surface area contributed by atoms with Crippen molar-refractivity contribution in [2.24, 2.45) is 23.5 Å². The molecule has 3 atom stereocenters. The zero-order chi connectivity index (χ0) is 12.3. The van der Waals surface area contributed by atoms with Crippen LogP contribution in [0.4, 0.5) is 0 Å². The third-order valence-electron chi connectivity index (χ3n) is 4.81. The Balaban J connectivity index is 1.67. The Bertz CT molecular complexity index is 646. The average Bonchev–Trinajstić information content (AvgIpc) is 2.74. The maximum atomic E-state index is 11.2. The molecule has 94 valence electrons. The number of benzene rings is 1. The second-order valence-electron chi connectivity index (χ2n) is 5.75. The van der Waals surface area contributed by atoms with Crippen molar-refractivity contribution in [1.82, 2.24) is 9.97 Å². The first-order valence-corrected chi connectivity index (χ1v) is 6.71. The highest BCUT2D eigenvalue weighted by Crippen LogP contribution is 2.61. The van der Waals surface area contributed by atoms with Gasteiger partial charge in [0.15, 0.2) is 0 Å². The zero-order valence-corrected chi connectivity index (χ0v) is 10.1. The van der Waals surface area contributed by atoms with Crippen molar-refractivity contribution in [1.29, 1.82) is 0 Å². The fourth-order valence-corrected chi connectivity index (χ4v) is 3.89. The predicted octanol–water partition coefficient (Wildman–Crippen LogP) is 1.90. The lowest BCUT2D eigenvalue weighted by atomic mass is 9.97. The minimum absolute atomic E-state index is 0.128. The lowest BCUT2D eigenvalue weighted by Crippen LogP contribution is -2.15. The number of hydrogen-bond donors (Lipinski definition) is 3. The normalized spacial score (nSPS) is 31.5. The van der Waals surface area contributed by atoms with E-state index in [2.05, 4.69) is 9.97 Å². The van der Waals surface area contributed by atoms with Crippen LogP contribution in [-0.4, -0.2) is 9.97 Å². The first-order valence-electron chi connectivity index (χ1n) is 6.71.